The van der Waals surface area contributed by atoms with Crippen LogP contribution in [0.5, 0.6) is 0 Å². The quantitative estimate of drug-likeness (QED) is 0.767. The Hall–Kier alpha value is -0.710. The largest absolute Gasteiger partial charge is 0.481 e. The van der Waals surface area contributed by atoms with Crippen LogP contribution < -0.4 is 5.32 Å². The van der Waals surface area contributed by atoms with Gasteiger partial charge >= 0.3 is 5.97 Å². The molecular formula is C11H19NO3S. The third-order valence-electron chi connectivity index (χ3n) is 3.78. The standard InChI is InChI=1S/C11H19NO3S/c1-10(2)9(11(10,3)4)12-7(13)5-16-6-8(14)15/h9H,5-6H2,1-4H3,(H,12,13)(H,14,15). The minimum Gasteiger partial charge on any atom is -0.481 e. The van der Waals surface area contributed by atoms with E-state index in [2.05, 4.69) is 33.0 Å². The van der Waals surface area contributed by atoms with E-state index in [9.17, 15) is 9.59 Å². The Labute approximate surface area is 100 Å². The molecule has 4 nitrogen and oxygen atoms in total. The lowest BCUT2D eigenvalue weighted by molar-refractivity contribution is -0.133. The zero-order valence-electron chi connectivity index (χ0n) is 10.2. The van der Waals surface area contributed by atoms with E-state index in [-0.39, 0.29) is 34.3 Å². The molecule has 0 bridgehead atoms. The molecule has 5 heteroatoms. The molecule has 1 amide bonds. The zero-order chi connectivity index (χ0) is 12.6. The molecule has 0 spiro atoms. The van der Waals surface area contributed by atoms with Crippen molar-refractivity contribution in [3.63, 3.8) is 0 Å². The third kappa shape index (κ3) is 2.51. The molecule has 0 aromatic carbocycles. The van der Waals surface area contributed by atoms with Crippen molar-refractivity contribution in [2.24, 2.45) is 10.8 Å². The fraction of sp³-hybridized carbons (Fsp3) is 0.818. The summed E-state index contributed by atoms with van der Waals surface area (Å²) in [5.41, 5.74) is 0.250. The first-order valence-electron chi connectivity index (χ1n) is 5.28. The summed E-state index contributed by atoms with van der Waals surface area (Å²) in [6, 6.07) is 0.193. The molecule has 0 unspecified atom stereocenters. The van der Waals surface area contributed by atoms with Gasteiger partial charge in [0.15, 0.2) is 0 Å². The zero-order valence-corrected chi connectivity index (χ0v) is 11.0. The summed E-state index contributed by atoms with van der Waals surface area (Å²) < 4.78 is 0. The van der Waals surface area contributed by atoms with Crippen LogP contribution in [0.1, 0.15) is 27.7 Å². The molecular weight excluding hydrogens is 226 g/mol. The summed E-state index contributed by atoms with van der Waals surface area (Å²) >= 11 is 1.13. The van der Waals surface area contributed by atoms with Crippen molar-refractivity contribution >= 4 is 23.6 Å². The highest BCUT2D eigenvalue weighted by Gasteiger charge is 2.65. The molecule has 0 aromatic heterocycles. The first-order valence-corrected chi connectivity index (χ1v) is 6.44. The van der Waals surface area contributed by atoms with Gasteiger partial charge in [0.25, 0.3) is 0 Å². The maximum Gasteiger partial charge on any atom is 0.313 e. The molecule has 0 heterocycles. The molecule has 1 fully saturated rings. The third-order valence-corrected chi connectivity index (χ3v) is 4.70. The van der Waals surface area contributed by atoms with Crippen LogP contribution in [0.15, 0.2) is 0 Å². The molecule has 0 aromatic rings. The van der Waals surface area contributed by atoms with Gasteiger partial charge in [-0.1, -0.05) is 27.7 Å². The lowest BCUT2D eigenvalue weighted by Crippen LogP contribution is -2.31. The number of nitrogens with one attached hydrogen (secondary N) is 1. The Balaban J connectivity index is 2.29. The number of hydrogen-bond donors (Lipinski definition) is 2. The summed E-state index contributed by atoms with van der Waals surface area (Å²) in [6.45, 7) is 8.51. The van der Waals surface area contributed by atoms with E-state index in [1.54, 1.807) is 0 Å². The molecule has 0 radical (unpaired) electrons. The lowest BCUT2D eigenvalue weighted by atomic mass is 10.0. The fourth-order valence-electron chi connectivity index (χ4n) is 1.99. The van der Waals surface area contributed by atoms with Crippen molar-refractivity contribution in [1.29, 1.82) is 0 Å². The average molecular weight is 245 g/mol. The van der Waals surface area contributed by atoms with E-state index in [0.717, 1.165) is 11.8 Å². The van der Waals surface area contributed by atoms with E-state index >= 15 is 0 Å². The van der Waals surface area contributed by atoms with Gasteiger partial charge in [0.1, 0.15) is 0 Å². The summed E-state index contributed by atoms with van der Waals surface area (Å²) in [7, 11) is 0. The summed E-state index contributed by atoms with van der Waals surface area (Å²) in [4.78, 5) is 21.8. The number of thioether (sulfide) groups is 1. The summed E-state index contributed by atoms with van der Waals surface area (Å²) in [6.07, 6.45) is 0. The van der Waals surface area contributed by atoms with Gasteiger partial charge in [-0.2, -0.15) is 0 Å². The minimum atomic E-state index is -0.884. The van der Waals surface area contributed by atoms with Gasteiger partial charge in [0.2, 0.25) is 5.91 Å². The first kappa shape index (κ1) is 13.4. The Morgan fingerprint density at radius 1 is 1.19 bits per heavy atom. The highest BCUT2D eigenvalue weighted by atomic mass is 32.2. The molecule has 1 aliphatic rings. The Morgan fingerprint density at radius 2 is 1.69 bits per heavy atom. The van der Waals surface area contributed by atoms with Crippen LogP contribution in [0, 0.1) is 10.8 Å². The second kappa shape index (κ2) is 4.28. The summed E-state index contributed by atoms with van der Waals surface area (Å²) in [5.74, 6) is -0.764. The normalized spacial score (nSPS) is 21.5. The second-order valence-corrected chi connectivity index (χ2v) is 6.32. The van der Waals surface area contributed by atoms with Crippen molar-refractivity contribution in [3.05, 3.63) is 0 Å². The molecule has 16 heavy (non-hydrogen) atoms. The van der Waals surface area contributed by atoms with Crippen LogP contribution >= 0.6 is 11.8 Å². The monoisotopic (exact) mass is 245 g/mol. The van der Waals surface area contributed by atoms with Gasteiger partial charge < -0.3 is 10.4 Å². The highest BCUT2D eigenvalue weighted by Crippen LogP contribution is 2.62. The van der Waals surface area contributed by atoms with Gasteiger partial charge in [-0.3, -0.25) is 9.59 Å². The number of carbonyl (C=O) groups excluding carboxylic acids is 1. The van der Waals surface area contributed by atoms with Gasteiger partial charge in [0, 0.05) is 6.04 Å². The molecule has 0 saturated heterocycles. The SMILES string of the molecule is CC1(C)C(NC(=O)CSCC(=O)O)C1(C)C. The number of aliphatic carboxylic acids is 1. The minimum absolute atomic E-state index is 0.0229. The molecule has 1 saturated carbocycles. The molecule has 92 valence electrons. The van der Waals surface area contributed by atoms with Crippen LogP contribution in [0.2, 0.25) is 0 Å². The second-order valence-electron chi connectivity index (χ2n) is 5.33. The van der Waals surface area contributed by atoms with E-state index in [4.69, 9.17) is 5.11 Å². The number of hydrogen-bond acceptors (Lipinski definition) is 3. The molecule has 1 aliphatic carbocycles. The van der Waals surface area contributed by atoms with Crippen molar-refractivity contribution in [1.82, 2.24) is 5.32 Å². The Morgan fingerprint density at radius 3 is 2.06 bits per heavy atom. The predicted molar refractivity (Wildman–Crippen MR) is 64.5 cm³/mol. The number of amides is 1. The Bertz CT molecular complexity index is 298. The van der Waals surface area contributed by atoms with E-state index in [0.29, 0.717) is 0 Å². The number of carboxylic acids is 1. The van der Waals surface area contributed by atoms with Gasteiger partial charge in [-0.15, -0.1) is 11.8 Å². The van der Waals surface area contributed by atoms with Gasteiger partial charge in [-0.25, -0.2) is 0 Å². The highest BCUT2D eigenvalue weighted by molar-refractivity contribution is 8.00. The number of rotatable bonds is 5. The van der Waals surface area contributed by atoms with Crippen molar-refractivity contribution in [2.45, 2.75) is 33.7 Å². The van der Waals surface area contributed by atoms with E-state index in [1.165, 1.54) is 0 Å². The van der Waals surface area contributed by atoms with Crippen LogP contribution in [0.4, 0.5) is 0 Å². The fourth-order valence-corrected chi connectivity index (χ4v) is 2.54. The van der Waals surface area contributed by atoms with E-state index in [1.807, 2.05) is 0 Å². The summed E-state index contributed by atoms with van der Waals surface area (Å²) in [5, 5.41) is 11.4. The maximum absolute atomic E-state index is 11.5. The van der Waals surface area contributed by atoms with Crippen LogP contribution in [0.3, 0.4) is 0 Å². The molecule has 0 atom stereocenters. The van der Waals surface area contributed by atoms with Crippen LogP contribution in [-0.2, 0) is 9.59 Å². The lowest BCUT2D eigenvalue weighted by Gasteiger charge is -2.05. The average Bonchev–Trinajstić information content (AvgIpc) is 2.47. The first-order chi connectivity index (χ1) is 7.19. The van der Waals surface area contributed by atoms with Crippen molar-refractivity contribution in [2.75, 3.05) is 11.5 Å². The predicted octanol–water partition coefficient (Wildman–Crippen LogP) is 1.35. The smallest absolute Gasteiger partial charge is 0.313 e. The van der Waals surface area contributed by atoms with Gasteiger partial charge in [0.05, 0.1) is 11.5 Å². The van der Waals surface area contributed by atoms with Crippen molar-refractivity contribution < 1.29 is 14.7 Å². The Kier molecular flexibility index (Phi) is 3.57. The van der Waals surface area contributed by atoms with Crippen LogP contribution in [0.25, 0.3) is 0 Å². The number of carboxylic acid groups (broad SMARTS) is 1. The molecule has 1 rings (SSSR count). The number of carbonyl (C=O) groups is 2. The molecule has 2 N–H and O–H groups in total. The van der Waals surface area contributed by atoms with Crippen LogP contribution in [-0.4, -0.2) is 34.5 Å². The maximum atomic E-state index is 11.5. The molecule has 0 aliphatic heterocycles. The van der Waals surface area contributed by atoms with Gasteiger partial charge in [-0.05, 0) is 10.8 Å². The van der Waals surface area contributed by atoms with Crippen molar-refractivity contribution in [3.8, 4) is 0 Å². The van der Waals surface area contributed by atoms with E-state index < -0.39 is 5.97 Å². The topological polar surface area (TPSA) is 66.4 Å².